The first-order chi connectivity index (χ1) is 6.27. The fourth-order valence-corrected chi connectivity index (χ4v) is 2.10. The Morgan fingerprint density at radius 3 is 3.00 bits per heavy atom. The van der Waals surface area contributed by atoms with Crippen LogP contribution in [0.2, 0.25) is 0 Å². The third kappa shape index (κ3) is 1.53. The molecule has 0 bridgehead atoms. The molecular weight excluding hydrogens is 182 g/mol. The van der Waals surface area contributed by atoms with Crippen LogP contribution >= 0.6 is 11.5 Å². The normalized spacial score (nSPS) is 10.5. The molecule has 0 saturated carbocycles. The van der Waals surface area contributed by atoms with Gasteiger partial charge in [0.05, 0.1) is 11.4 Å². The van der Waals surface area contributed by atoms with Gasteiger partial charge in [-0.1, -0.05) is 18.2 Å². The van der Waals surface area contributed by atoms with Gasteiger partial charge in [0.25, 0.3) is 0 Å². The highest BCUT2D eigenvalue weighted by molar-refractivity contribution is 7.07. The second kappa shape index (κ2) is 3.14. The molecule has 2 rings (SSSR count). The molecule has 0 fully saturated rings. The van der Waals surface area contributed by atoms with Crippen LogP contribution in [0, 0.1) is 5.41 Å². The zero-order valence-electron chi connectivity index (χ0n) is 6.95. The van der Waals surface area contributed by atoms with E-state index in [2.05, 4.69) is 4.37 Å². The highest BCUT2D eigenvalue weighted by atomic mass is 32.1. The van der Waals surface area contributed by atoms with Crippen LogP contribution in [0.1, 0.15) is 4.88 Å². The first kappa shape index (κ1) is 8.19. The van der Waals surface area contributed by atoms with E-state index in [1.54, 1.807) is 0 Å². The third-order valence-electron chi connectivity index (χ3n) is 1.81. The summed E-state index contributed by atoms with van der Waals surface area (Å²) in [5.74, 6) is 0.189. The highest BCUT2D eigenvalue weighted by Crippen LogP contribution is 2.21. The summed E-state index contributed by atoms with van der Waals surface area (Å²) in [4.78, 5) is 1.07. The van der Waals surface area contributed by atoms with Gasteiger partial charge in [-0.15, -0.1) is 0 Å². The summed E-state index contributed by atoms with van der Waals surface area (Å²) < 4.78 is 4.26. The Morgan fingerprint density at radius 1 is 1.46 bits per heavy atom. The average molecular weight is 191 g/mol. The van der Waals surface area contributed by atoms with Gasteiger partial charge in [-0.2, -0.15) is 4.37 Å². The monoisotopic (exact) mass is 191 g/mol. The van der Waals surface area contributed by atoms with Crippen molar-refractivity contribution in [1.29, 1.82) is 5.41 Å². The number of nitrogens with two attached hydrogens (primary N) is 1. The van der Waals surface area contributed by atoms with Crippen molar-refractivity contribution in [2.75, 3.05) is 0 Å². The van der Waals surface area contributed by atoms with Crippen LogP contribution < -0.4 is 5.73 Å². The summed E-state index contributed by atoms with van der Waals surface area (Å²) in [5, 5.41) is 8.32. The lowest BCUT2D eigenvalue weighted by atomic mass is 10.2. The molecule has 0 radical (unpaired) electrons. The van der Waals surface area contributed by atoms with Crippen LogP contribution in [-0.2, 0) is 6.42 Å². The van der Waals surface area contributed by atoms with Gasteiger partial charge in [0.2, 0.25) is 0 Å². The highest BCUT2D eigenvalue weighted by Gasteiger charge is 2.05. The van der Waals surface area contributed by atoms with E-state index in [9.17, 15) is 0 Å². The minimum atomic E-state index is 0.189. The summed E-state index contributed by atoms with van der Waals surface area (Å²) in [6.07, 6.45) is 0.505. The molecule has 0 spiro atoms. The maximum absolute atomic E-state index is 7.20. The molecule has 3 nitrogen and oxygen atoms in total. The standard InChI is InChI=1S/C9H9N3S/c10-9(11)5-8-6-3-1-2-4-7(6)12-13-8/h1-4H,5H2,(H3,10,11). The molecule has 0 saturated heterocycles. The minimum Gasteiger partial charge on any atom is -0.387 e. The van der Waals surface area contributed by atoms with Crippen molar-refractivity contribution in [1.82, 2.24) is 4.37 Å². The van der Waals surface area contributed by atoms with E-state index in [1.165, 1.54) is 11.5 Å². The first-order valence-corrected chi connectivity index (χ1v) is 4.71. The molecule has 1 aromatic heterocycles. The molecule has 0 aliphatic rings. The van der Waals surface area contributed by atoms with Crippen molar-refractivity contribution in [3.8, 4) is 0 Å². The van der Waals surface area contributed by atoms with Gasteiger partial charge >= 0.3 is 0 Å². The number of aromatic nitrogens is 1. The molecular formula is C9H9N3S. The van der Waals surface area contributed by atoms with E-state index in [4.69, 9.17) is 11.1 Å². The number of amidine groups is 1. The molecule has 2 aromatic rings. The summed E-state index contributed by atoms with van der Waals surface area (Å²) >= 11 is 1.42. The molecule has 0 aliphatic carbocycles. The van der Waals surface area contributed by atoms with Crippen molar-refractivity contribution in [3.05, 3.63) is 29.1 Å². The molecule has 13 heavy (non-hydrogen) atoms. The summed E-state index contributed by atoms with van der Waals surface area (Å²) in [6.45, 7) is 0. The molecule has 1 aromatic carbocycles. The topological polar surface area (TPSA) is 62.8 Å². The Bertz CT molecular complexity index is 447. The largest absolute Gasteiger partial charge is 0.387 e. The van der Waals surface area contributed by atoms with Gasteiger partial charge in [-0.3, -0.25) is 5.41 Å². The lowest BCUT2D eigenvalue weighted by Crippen LogP contribution is -2.11. The lowest BCUT2D eigenvalue weighted by molar-refractivity contribution is 1.30. The predicted molar refractivity (Wildman–Crippen MR) is 55.2 cm³/mol. The van der Waals surface area contributed by atoms with Crippen LogP contribution in [0.25, 0.3) is 10.9 Å². The predicted octanol–water partition coefficient (Wildman–Crippen LogP) is 1.77. The van der Waals surface area contributed by atoms with E-state index in [1.807, 2.05) is 24.3 Å². The zero-order chi connectivity index (χ0) is 9.26. The number of nitrogens with one attached hydrogen (secondary N) is 1. The minimum absolute atomic E-state index is 0.189. The number of benzene rings is 1. The number of rotatable bonds is 2. The van der Waals surface area contributed by atoms with E-state index in [-0.39, 0.29) is 5.84 Å². The fourth-order valence-electron chi connectivity index (χ4n) is 1.24. The second-order valence-corrected chi connectivity index (χ2v) is 3.68. The van der Waals surface area contributed by atoms with E-state index in [0.717, 1.165) is 15.8 Å². The van der Waals surface area contributed by atoms with Crippen molar-refractivity contribution in [2.45, 2.75) is 6.42 Å². The molecule has 0 atom stereocenters. The first-order valence-electron chi connectivity index (χ1n) is 3.93. The maximum Gasteiger partial charge on any atom is 0.0959 e. The van der Waals surface area contributed by atoms with E-state index < -0.39 is 0 Å². The van der Waals surface area contributed by atoms with Gasteiger partial charge in [0, 0.05) is 16.7 Å². The van der Waals surface area contributed by atoms with Gasteiger partial charge in [-0.25, -0.2) is 0 Å². The summed E-state index contributed by atoms with van der Waals surface area (Å²) in [7, 11) is 0. The third-order valence-corrected chi connectivity index (χ3v) is 2.68. The smallest absolute Gasteiger partial charge is 0.0959 e. The average Bonchev–Trinajstić information content (AvgIpc) is 2.48. The second-order valence-electron chi connectivity index (χ2n) is 2.82. The molecule has 66 valence electrons. The molecule has 4 heteroatoms. The number of fused-ring (bicyclic) bond motifs is 1. The Kier molecular flexibility index (Phi) is 1.98. The van der Waals surface area contributed by atoms with Gasteiger partial charge in [-0.05, 0) is 17.6 Å². The summed E-state index contributed by atoms with van der Waals surface area (Å²) in [5.41, 5.74) is 6.33. The number of hydrogen-bond donors (Lipinski definition) is 2. The Morgan fingerprint density at radius 2 is 2.23 bits per heavy atom. The van der Waals surface area contributed by atoms with Crippen LogP contribution in [0.15, 0.2) is 24.3 Å². The summed E-state index contributed by atoms with van der Waals surface area (Å²) in [6, 6.07) is 7.91. The van der Waals surface area contributed by atoms with Crippen LogP contribution in [-0.4, -0.2) is 10.2 Å². The van der Waals surface area contributed by atoms with E-state index >= 15 is 0 Å². The molecule has 1 heterocycles. The van der Waals surface area contributed by atoms with Crippen molar-refractivity contribution in [2.24, 2.45) is 5.73 Å². The van der Waals surface area contributed by atoms with Crippen molar-refractivity contribution >= 4 is 28.3 Å². The zero-order valence-corrected chi connectivity index (χ0v) is 7.77. The Labute approximate surface area is 79.9 Å². The Balaban J connectivity index is 2.51. The lowest BCUT2D eigenvalue weighted by Gasteiger charge is -1.93. The molecule has 0 aliphatic heterocycles. The molecule has 0 unspecified atom stereocenters. The Hall–Kier alpha value is -1.42. The number of hydrogen-bond acceptors (Lipinski definition) is 3. The van der Waals surface area contributed by atoms with Gasteiger partial charge in [0.1, 0.15) is 0 Å². The SMILES string of the molecule is N=C(N)Cc1snc2ccccc12. The van der Waals surface area contributed by atoms with Crippen molar-refractivity contribution < 1.29 is 0 Å². The molecule has 0 amide bonds. The van der Waals surface area contributed by atoms with Crippen molar-refractivity contribution in [3.63, 3.8) is 0 Å². The van der Waals surface area contributed by atoms with Gasteiger partial charge in [0.15, 0.2) is 0 Å². The maximum atomic E-state index is 7.20. The van der Waals surface area contributed by atoms with Crippen LogP contribution in [0.3, 0.4) is 0 Å². The number of nitrogens with zero attached hydrogens (tertiary/aromatic N) is 1. The molecule has 3 N–H and O–H groups in total. The fraction of sp³-hybridized carbons (Fsp3) is 0.111. The quantitative estimate of drug-likeness (QED) is 0.561. The van der Waals surface area contributed by atoms with E-state index in [0.29, 0.717) is 6.42 Å². The van der Waals surface area contributed by atoms with Crippen LogP contribution in [0.5, 0.6) is 0 Å². The van der Waals surface area contributed by atoms with Crippen LogP contribution in [0.4, 0.5) is 0 Å². The van der Waals surface area contributed by atoms with Gasteiger partial charge < -0.3 is 5.73 Å².